The summed E-state index contributed by atoms with van der Waals surface area (Å²) >= 11 is 0. The molecule has 1 N–H and O–H groups in total. The number of aliphatic hydroxyl groups is 1. The number of ketones is 1. The molecule has 1 fully saturated rings. The van der Waals surface area contributed by atoms with E-state index in [-0.39, 0.29) is 30.0 Å². The zero-order valence-electron chi connectivity index (χ0n) is 14.1. The zero-order chi connectivity index (χ0) is 18.7. The third-order valence-electron chi connectivity index (χ3n) is 4.23. The lowest BCUT2D eigenvalue weighted by molar-refractivity contribution is -0.140. The van der Waals surface area contributed by atoms with Crippen LogP contribution in [0, 0.1) is 5.82 Å². The van der Waals surface area contributed by atoms with Gasteiger partial charge in [0.05, 0.1) is 18.2 Å². The van der Waals surface area contributed by atoms with E-state index >= 15 is 0 Å². The Morgan fingerprint density at radius 1 is 1.23 bits per heavy atom. The van der Waals surface area contributed by atoms with Gasteiger partial charge in [0.25, 0.3) is 11.7 Å². The third kappa shape index (κ3) is 3.09. The third-order valence-corrected chi connectivity index (χ3v) is 4.23. The fraction of sp³-hybridized carbons (Fsp3) is 0.211. The maximum Gasteiger partial charge on any atom is 0.295 e. The first kappa shape index (κ1) is 17.8. The summed E-state index contributed by atoms with van der Waals surface area (Å²) in [6.45, 7) is 0.264. The fourth-order valence-corrected chi connectivity index (χ4v) is 2.99. The number of rotatable bonds is 5. The molecule has 1 aliphatic heterocycles. The average molecular weight is 356 g/mol. The smallest absolute Gasteiger partial charge is 0.295 e. The van der Waals surface area contributed by atoms with Crippen LogP contribution >= 0.6 is 0 Å². The predicted octanol–water partition coefficient (Wildman–Crippen LogP) is 2.29. The Labute approximate surface area is 149 Å². The molecule has 0 spiro atoms. The standard InChI is InChI=1S/C19H17FN2O4/c1-26-11-10-22-16(13-4-2-3-5-14(13)20)15(18(24)19(22)25)17(23)12-6-8-21-9-7-12/h2-9,16,23H,10-11H2,1H3. The molecule has 0 saturated carbocycles. The first-order chi connectivity index (χ1) is 12.6. The van der Waals surface area contributed by atoms with Crippen molar-refractivity contribution in [3.63, 3.8) is 0 Å². The molecule has 1 saturated heterocycles. The van der Waals surface area contributed by atoms with Crippen LogP contribution in [-0.2, 0) is 14.3 Å². The molecule has 1 atom stereocenters. The summed E-state index contributed by atoms with van der Waals surface area (Å²) < 4.78 is 19.4. The van der Waals surface area contributed by atoms with Gasteiger partial charge in [0, 0.05) is 37.2 Å². The van der Waals surface area contributed by atoms with E-state index in [1.54, 1.807) is 6.07 Å². The van der Waals surface area contributed by atoms with Crippen molar-refractivity contribution in [2.24, 2.45) is 0 Å². The second-order valence-electron chi connectivity index (χ2n) is 5.74. The van der Waals surface area contributed by atoms with Crippen LogP contribution in [0.4, 0.5) is 4.39 Å². The molecular formula is C19H17FN2O4. The summed E-state index contributed by atoms with van der Waals surface area (Å²) in [5.41, 5.74) is 0.312. The second kappa shape index (κ2) is 7.45. The van der Waals surface area contributed by atoms with Gasteiger partial charge in [-0.05, 0) is 18.2 Å². The first-order valence-electron chi connectivity index (χ1n) is 7.98. The van der Waals surface area contributed by atoms with Gasteiger partial charge in [-0.3, -0.25) is 14.6 Å². The van der Waals surface area contributed by atoms with Crippen molar-refractivity contribution in [3.05, 3.63) is 71.3 Å². The van der Waals surface area contributed by atoms with Crippen LogP contribution in [0.25, 0.3) is 5.76 Å². The van der Waals surface area contributed by atoms with Crippen LogP contribution in [0.1, 0.15) is 17.2 Å². The molecule has 0 bridgehead atoms. The van der Waals surface area contributed by atoms with Gasteiger partial charge in [0.15, 0.2) is 0 Å². The molecule has 7 heteroatoms. The van der Waals surface area contributed by atoms with Crippen molar-refractivity contribution < 1.29 is 23.8 Å². The lowest BCUT2D eigenvalue weighted by atomic mass is 9.95. The minimum atomic E-state index is -1.03. The van der Waals surface area contributed by atoms with Gasteiger partial charge < -0.3 is 14.7 Å². The number of ether oxygens (including phenoxy) is 1. The largest absolute Gasteiger partial charge is 0.507 e. The summed E-state index contributed by atoms with van der Waals surface area (Å²) in [5, 5.41) is 10.7. The summed E-state index contributed by atoms with van der Waals surface area (Å²) in [7, 11) is 1.46. The Kier molecular flexibility index (Phi) is 5.09. The highest BCUT2D eigenvalue weighted by atomic mass is 19.1. The topological polar surface area (TPSA) is 79.7 Å². The van der Waals surface area contributed by atoms with E-state index < -0.39 is 23.5 Å². The Morgan fingerprint density at radius 2 is 1.92 bits per heavy atom. The number of hydrogen-bond donors (Lipinski definition) is 1. The molecule has 1 aromatic heterocycles. The number of benzene rings is 1. The van der Waals surface area contributed by atoms with Crippen LogP contribution in [-0.4, -0.2) is 46.9 Å². The van der Waals surface area contributed by atoms with Crippen LogP contribution in [0.2, 0.25) is 0 Å². The number of hydrogen-bond acceptors (Lipinski definition) is 5. The van der Waals surface area contributed by atoms with Gasteiger partial charge in [-0.25, -0.2) is 4.39 Å². The quantitative estimate of drug-likeness (QED) is 0.505. The molecule has 0 radical (unpaired) electrons. The Balaban J connectivity index is 2.19. The molecule has 134 valence electrons. The maximum absolute atomic E-state index is 14.4. The summed E-state index contributed by atoms with van der Waals surface area (Å²) in [6.07, 6.45) is 2.91. The molecule has 0 aliphatic carbocycles. The van der Waals surface area contributed by atoms with Crippen LogP contribution in [0.3, 0.4) is 0 Å². The molecule has 2 aromatic rings. The van der Waals surface area contributed by atoms with E-state index in [4.69, 9.17) is 4.74 Å². The number of nitrogens with zero attached hydrogens (tertiary/aromatic N) is 2. The zero-order valence-corrected chi connectivity index (χ0v) is 14.1. The second-order valence-corrected chi connectivity index (χ2v) is 5.74. The van der Waals surface area contributed by atoms with Crippen molar-refractivity contribution in [2.45, 2.75) is 6.04 Å². The number of likely N-dealkylation sites (tertiary alicyclic amines) is 1. The minimum Gasteiger partial charge on any atom is -0.507 e. The van der Waals surface area contributed by atoms with E-state index in [0.717, 1.165) is 0 Å². The SMILES string of the molecule is COCCN1C(=O)C(=O)C(=C(O)c2ccncc2)C1c1ccccc1F. The summed E-state index contributed by atoms with van der Waals surface area (Å²) in [4.78, 5) is 30.2. The van der Waals surface area contributed by atoms with E-state index in [0.29, 0.717) is 5.56 Å². The van der Waals surface area contributed by atoms with E-state index in [1.807, 2.05) is 0 Å². The highest BCUT2D eigenvalue weighted by Gasteiger charge is 2.46. The number of Topliss-reactive ketones (excluding diaryl/α,β-unsaturated/α-hetero) is 1. The van der Waals surface area contributed by atoms with Gasteiger partial charge in [-0.1, -0.05) is 18.2 Å². The molecule has 1 unspecified atom stereocenters. The van der Waals surface area contributed by atoms with Gasteiger partial charge in [-0.2, -0.15) is 0 Å². The summed E-state index contributed by atoms with van der Waals surface area (Å²) in [5.74, 6) is -2.59. The van der Waals surface area contributed by atoms with Crippen molar-refractivity contribution in [1.29, 1.82) is 0 Å². The van der Waals surface area contributed by atoms with Crippen molar-refractivity contribution >= 4 is 17.4 Å². The Morgan fingerprint density at radius 3 is 2.58 bits per heavy atom. The lowest BCUT2D eigenvalue weighted by Crippen LogP contribution is -2.33. The van der Waals surface area contributed by atoms with E-state index in [2.05, 4.69) is 4.98 Å². The molecular weight excluding hydrogens is 339 g/mol. The summed E-state index contributed by atoms with van der Waals surface area (Å²) in [6, 6.07) is 7.86. The fourth-order valence-electron chi connectivity index (χ4n) is 2.99. The molecule has 1 aliphatic rings. The molecule has 26 heavy (non-hydrogen) atoms. The molecule has 2 heterocycles. The number of carbonyl (C=O) groups is 2. The molecule has 1 amide bonds. The van der Waals surface area contributed by atoms with Crippen LogP contribution in [0.15, 0.2) is 54.4 Å². The monoisotopic (exact) mass is 356 g/mol. The van der Waals surface area contributed by atoms with Crippen molar-refractivity contribution in [3.8, 4) is 0 Å². The van der Waals surface area contributed by atoms with Crippen LogP contribution in [0.5, 0.6) is 0 Å². The number of aliphatic hydroxyl groups excluding tert-OH is 1. The first-order valence-corrected chi connectivity index (χ1v) is 7.98. The number of pyridine rings is 1. The maximum atomic E-state index is 14.4. The molecule has 3 rings (SSSR count). The number of methoxy groups -OCH3 is 1. The average Bonchev–Trinajstić information content (AvgIpc) is 2.91. The highest BCUT2D eigenvalue weighted by molar-refractivity contribution is 6.46. The van der Waals surface area contributed by atoms with Gasteiger partial charge in [0.2, 0.25) is 0 Å². The van der Waals surface area contributed by atoms with Crippen molar-refractivity contribution in [1.82, 2.24) is 9.88 Å². The normalized spacial score (nSPS) is 19.2. The highest BCUT2D eigenvalue weighted by Crippen LogP contribution is 2.39. The molecule has 1 aromatic carbocycles. The number of amides is 1. The molecule has 6 nitrogen and oxygen atoms in total. The van der Waals surface area contributed by atoms with Gasteiger partial charge in [-0.15, -0.1) is 0 Å². The Bertz CT molecular complexity index is 867. The minimum absolute atomic E-state index is 0.0905. The Hall–Kier alpha value is -3.06. The van der Waals surface area contributed by atoms with Gasteiger partial charge >= 0.3 is 0 Å². The lowest BCUT2D eigenvalue weighted by Gasteiger charge is -2.25. The van der Waals surface area contributed by atoms with Crippen LogP contribution < -0.4 is 0 Å². The number of carbonyl (C=O) groups excluding carboxylic acids is 2. The van der Waals surface area contributed by atoms with E-state index in [9.17, 15) is 19.1 Å². The number of halogens is 1. The van der Waals surface area contributed by atoms with Crippen molar-refractivity contribution in [2.75, 3.05) is 20.3 Å². The number of aromatic nitrogens is 1. The van der Waals surface area contributed by atoms with Gasteiger partial charge in [0.1, 0.15) is 11.6 Å². The van der Waals surface area contributed by atoms with E-state index in [1.165, 1.54) is 54.7 Å². The predicted molar refractivity (Wildman–Crippen MR) is 91.5 cm³/mol.